The van der Waals surface area contributed by atoms with Crippen LogP contribution in [0, 0.1) is 13.8 Å². The molecule has 2 aromatic carbocycles. The minimum atomic E-state index is -4.76. The summed E-state index contributed by atoms with van der Waals surface area (Å²) in [6.07, 6.45) is -4.76. The fraction of sp³-hybridized carbons (Fsp3) is 0.200. The molecule has 3 aromatic rings. The van der Waals surface area contributed by atoms with Crippen LogP contribution in [-0.4, -0.2) is 17.4 Å². The Labute approximate surface area is 169 Å². The van der Waals surface area contributed by atoms with Gasteiger partial charge in [0.1, 0.15) is 11.5 Å². The first-order chi connectivity index (χ1) is 13.7. The van der Waals surface area contributed by atoms with E-state index in [-0.39, 0.29) is 11.7 Å². The van der Waals surface area contributed by atoms with Crippen LogP contribution in [0.4, 0.5) is 18.9 Å². The van der Waals surface area contributed by atoms with Crippen LogP contribution in [0.1, 0.15) is 27.4 Å². The number of nitrogens with zero attached hydrogens (tertiary/aromatic N) is 1. The fourth-order valence-electron chi connectivity index (χ4n) is 2.58. The highest BCUT2D eigenvalue weighted by atomic mass is 32.2. The molecule has 0 bridgehead atoms. The Hall–Kier alpha value is -2.94. The predicted molar refractivity (Wildman–Crippen MR) is 103 cm³/mol. The van der Waals surface area contributed by atoms with E-state index < -0.39 is 6.36 Å². The zero-order valence-electron chi connectivity index (χ0n) is 15.5. The van der Waals surface area contributed by atoms with Crippen molar-refractivity contribution < 1.29 is 27.2 Å². The molecular formula is C20H17F3N2O3S. The molecule has 5 nitrogen and oxygen atoms in total. The molecule has 29 heavy (non-hydrogen) atoms. The summed E-state index contributed by atoms with van der Waals surface area (Å²) in [7, 11) is 0. The van der Waals surface area contributed by atoms with Crippen molar-refractivity contribution in [1.82, 2.24) is 5.16 Å². The first kappa shape index (κ1) is 20.8. The number of aromatic nitrogens is 1. The molecule has 0 spiro atoms. The first-order valence-electron chi connectivity index (χ1n) is 8.53. The number of anilines is 1. The van der Waals surface area contributed by atoms with E-state index in [1.807, 2.05) is 26.0 Å². The SMILES string of the molecule is Cc1noc(C)c1CSc1ccccc1C(=O)Nc1ccc(OC(F)(F)F)cc1. The van der Waals surface area contributed by atoms with Crippen LogP contribution in [0.3, 0.4) is 0 Å². The molecule has 0 saturated carbocycles. The maximum atomic E-state index is 12.7. The third-order valence-electron chi connectivity index (χ3n) is 4.03. The number of halogens is 3. The molecular weight excluding hydrogens is 405 g/mol. The second kappa shape index (κ2) is 8.60. The Kier molecular flexibility index (Phi) is 6.17. The van der Waals surface area contributed by atoms with Crippen LogP contribution in [0.15, 0.2) is 57.9 Å². The number of carbonyl (C=O) groups excluding carboxylic acids is 1. The van der Waals surface area contributed by atoms with Crippen LogP contribution >= 0.6 is 11.8 Å². The van der Waals surface area contributed by atoms with Crippen LogP contribution in [0.5, 0.6) is 5.75 Å². The summed E-state index contributed by atoms with van der Waals surface area (Å²) in [6, 6.07) is 12.1. The van der Waals surface area contributed by atoms with E-state index in [1.165, 1.54) is 23.9 Å². The Morgan fingerprint density at radius 1 is 1.14 bits per heavy atom. The van der Waals surface area contributed by atoms with Crippen molar-refractivity contribution in [2.45, 2.75) is 30.9 Å². The third kappa shape index (κ3) is 5.54. The topological polar surface area (TPSA) is 64.4 Å². The maximum Gasteiger partial charge on any atom is 0.573 e. The third-order valence-corrected chi connectivity index (χ3v) is 5.13. The number of alkyl halides is 3. The number of carbonyl (C=O) groups is 1. The Morgan fingerprint density at radius 3 is 2.45 bits per heavy atom. The molecule has 0 aliphatic carbocycles. The smallest absolute Gasteiger partial charge is 0.406 e. The number of rotatable bonds is 6. The highest BCUT2D eigenvalue weighted by Crippen LogP contribution is 2.30. The van der Waals surface area contributed by atoms with Gasteiger partial charge in [0.2, 0.25) is 0 Å². The molecule has 0 saturated heterocycles. The summed E-state index contributed by atoms with van der Waals surface area (Å²) in [6.45, 7) is 3.69. The summed E-state index contributed by atoms with van der Waals surface area (Å²) in [5, 5.41) is 6.61. The average molecular weight is 422 g/mol. The highest BCUT2D eigenvalue weighted by molar-refractivity contribution is 7.98. The van der Waals surface area contributed by atoms with E-state index in [9.17, 15) is 18.0 Å². The van der Waals surface area contributed by atoms with Crippen molar-refractivity contribution in [1.29, 1.82) is 0 Å². The van der Waals surface area contributed by atoms with Crippen molar-refractivity contribution in [2.24, 2.45) is 0 Å². The zero-order valence-corrected chi connectivity index (χ0v) is 16.4. The van der Waals surface area contributed by atoms with Crippen LogP contribution in [0.25, 0.3) is 0 Å². The van der Waals surface area contributed by atoms with Gasteiger partial charge in [0.25, 0.3) is 5.91 Å². The van der Waals surface area contributed by atoms with Crippen molar-refractivity contribution in [2.75, 3.05) is 5.32 Å². The quantitative estimate of drug-likeness (QED) is 0.514. The minimum Gasteiger partial charge on any atom is -0.406 e. The Balaban J connectivity index is 1.70. The molecule has 1 N–H and O–H groups in total. The Morgan fingerprint density at radius 2 is 1.83 bits per heavy atom. The van der Waals surface area contributed by atoms with E-state index in [0.717, 1.165) is 34.0 Å². The largest absolute Gasteiger partial charge is 0.573 e. The van der Waals surface area contributed by atoms with Gasteiger partial charge in [0, 0.05) is 21.9 Å². The number of benzene rings is 2. The van der Waals surface area contributed by atoms with Crippen molar-refractivity contribution in [3.8, 4) is 5.75 Å². The number of hydrogen-bond acceptors (Lipinski definition) is 5. The summed E-state index contributed by atoms with van der Waals surface area (Å²) in [4.78, 5) is 13.4. The lowest BCUT2D eigenvalue weighted by atomic mass is 10.2. The van der Waals surface area contributed by atoms with Gasteiger partial charge in [0.05, 0.1) is 11.3 Å². The van der Waals surface area contributed by atoms with Crippen LogP contribution in [-0.2, 0) is 5.75 Å². The molecule has 0 fully saturated rings. The monoisotopic (exact) mass is 422 g/mol. The predicted octanol–water partition coefficient (Wildman–Crippen LogP) is 5.73. The standard InChI is InChI=1S/C20H17F3N2O3S/c1-12-17(13(2)28-25-12)11-29-18-6-4-3-5-16(18)19(26)24-14-7-9-15(10-8-14)27-20(21,22)23/h3-10H,11H2,1-2H3,(H,24,26). The molecule has 1 heterocycles. The molecule has 3 rings (SSSR count). The van der Waals surface area contributed by atoms with Gasteiger partial charge in [0.15, 0.2) is 0 Å². The van der Waals surface area contributed by atoms with Gasteiger partial charge in [-0.2, -0.15) is 0 Å². The van der Waals surface area contributed by atoms with Crippen molar-refractivity contribution >= 4 is 23.4 Å². The molecule has 0 radical (unpaired) electrons. The van der Waals surface area contributed by atoms with E-state index in [1.54, 1.807) is 12.1 Å². The molecule has 1 amide bonds. The number of thioether (sulfide) groups is 1. The van der Waals surface area contributed by atoms with E-state index in [4.69, 9.17) is 4.52 Å². The summed E-state index contributed by atoms with van der Waals surface area (Å²) in [5.41, 5.74) is 2.60. The number of aryl methyl sites for hydroxylation is 2. The summed E-state index contributed by atoms with van der Waals surface area (Å²) < 4.78 is 45.7. The second-order valence-corrected chi connectivity index (χ2v) is 7.13. The highest BCUT2D eigenvalue weighted by Gasteiger charge is 2.31. The van der Waals surface area contributed by atoms with Gasteiger partial charge in [-0.25, -0.2) is 0 Å². The van der Waals surface area contributed by atoms with Crippen molar-refractivity contribution in [3.63, 3.8) is 0 Å². The number of amides is 1. The molecule has 0 unspecified atom stereocenters. The average Bonchev–Trinajstić information content (AvgIpc) is 2.98. The molecule has 152 valence electrons. The van der Waals surface area contributed by atoms with Gasteiger partial charge < -0.3 is 14.6 Å². The molecule has 1 aromatic heterocycles. The Bertz CT molecular complexity index is 981. The zero-order chi connectivity index (χ0) is 21.0. The maximum absolute atomic E-state index is 12.7. The summed E-state index contributed by atoms with van der Waals surface area (Å²) >= 11 is 1.47. The lowest BCUT2D eigenvalue weighted by Gasteiger charge is -2.11. The molecule has 0 aliphatic heterocycles. The first-order valence-corrected chi connectivity index (χ1v) is 9.52. The lowest BCUT2D eigenvalue weighted by molar-refractivity contribution is -0.274. The number of ether oxygens (including phenoxy) is 1. The van der Waals surface area contributed by atoms with Gasteiger partial charge in [-0.3, -0.25) is 4.79 Å². The number of nitrogens with one attached hydrogen (secondary N) is 1. The van der Waals surface area contributed by atoms with Gasteiger partial charge in [-0.05, 0) is 50.2 Å². The fourth-order valence-corrected chi connectivity index (χ4v) is 3.78. The number of hydrogen-bond donors (Lipinski definition) is 1. The van der Waals surface area contributed by atoms with E-state index in [0.29, 0.717) is 17.0 Å². The van der Waals surface area contributed by atoms with Crippen molar-refractivity contribution in [3.05, 3.63) is 71.1 Å². The van der Waals surface area contributed by atoms with E-state index >= 15 is 0 Å². The van der Waals surface area contributed by atoms with Crippen LogP contribution < -0.4 is 10.1 Å². The van der Waals surface area contributed by atoms with Crippen LogP contribution in [0.2, 0.25) is 0 Å². The van der Waals surface area contributed by atoms with Gasteiger partial charge >= 0.3 is 6.36 Å². The molecule has 0 atom stereocenters. The minimum absolute atomic E-state index is 0.356. The van der Waals surface area contributed by atoms with Gasteiger partial charge in [-0.1, -0.05) is 17.3 Å². The molecule has 0 aliphatic rings. The summed E-state index contributed by atoms with van der Waals surface area (Å²) in [5.74, 6) is 0.606. The second-order valence-electron chi connectivity index (χ2n) is 6.11. The van der Waals surface area contributed by atoms with E-state index in [2.05, 4.69) is 15.2 Å². The molecule has 9 heteroatoms. The normalized spacial score (nSPS) is 11.3. The lowest BCUT2D eigenvalue weighted by Crippen LogP contribution is -2.17. The van der Waals surface area contributed by atoms with Gasteiger partial charge in [-0.15, -0.1) is 24.9 Å².